The highest BCUT2D eigenvalue weighted by atomic mass is 16.5. The minimum Gasteiger partial charge on any atom is -0.351 e. The molecule has 5 heteroatoms. The van der Waals surface area contributed by atoms with E-state index >= 15 is 0 Å². The Bertz CT molecular complexity index is 722. The van der Waals surface area contributed by atoms with Crippen molar-refractivity contribution >= 4 is 5.91 Å². The van der Waals surface area contributed by atoms with Crippen molar-refractivity contribution in [1.82, 2.24) is 10.1 Å². The third-order valence-electron chi connectivity index (χ3n) is 4.58. The normalized spacial score (nSPS) is 16.8. The number of amides is 1. The molecule has 0 atom stereocenters. The number of nitrogens with zero attached hydrogens (tertiary/aromatic N) is 3. The number of hydrogen-bond acceptors (Lipinski definition) is 4. The summed E-state index contributed by atoms with van der Waals surface area (Å²) >= 11 is 0. The number of carbonyl (C=O) groups is 1. The van der Waals surface area contributed by atoms with Gasteiger partial charge in [0, 0.05) is 19.2 Å². The summed E-state index contributed by atoms with van der Waals surface area (Å²) in [4.78, 5) is 14.2. The number of aromatic nitrogens is 1. The molecule has 118 valence electrons. The van der Waals surface area contributed by atoms with Crippen molar-refractivity contribution in [2.45, 2.75) is 31.6 Å². The van der Waals surface area contributed by atoms with Crippen LogP contribution in [-0.2, 0) is 11.8 Å². The van der Waals surface area contributed by atoms with Crippen molar-refractivity contribution < 1.29 is 9.32 Å². The first-order chi connectivity index (χ1) is 11.2. The van der Waals surface area contributed by atoms with Crippen LogP contribution in [-0.4, -0.2) is 29.1 Å². The number of benzene rings is 1. The standard InChI is InChI=1S/C18H19N3O2/c1-2-15-12-16(23-20-15)17(22)21-10-8-18(13-19,9-11-21)14-6-4-3-5-7-14/h3-7,12H,2,8-11H2,1H3. The van der Waals surface area contributed by atoms with Crippen LogP contribution in [0.25, 0.3) is 0 Å². The lowest BCUT2D eigenvalue weighted by atomic mass is 9.74. The Hall–Kier alpha value is -2.61. The highest BCUT2D eigenvalue weighted by molar-refractivity contribution is 5.91. The fourth-order valence-electron chi connectivity index (χ4n) is 3.05. The van der Waals surface area contributed by atoms with Crippen LogP contribution >= 0.6 is 0 Å². The first kappa shape index (κ1) is 15.3. The van der Waals surface area contributed by atoms with Gasteiger partial charge in [0.1, 0.15) is 0 Å². The van der Waals surface area contributed by atoms with Gasteiger partial charge in [-0.15, -0.1) is 0 Å². The van der Waals surface area contributed by atoms with Gasteiger partial charge in [0.2, 0.25) is 5.76 Å². The van der Waals surface area contributed by atoms with Crippen LogP contribution in [0.2, 0.25) is 0 Å². The van der Waals surface area contributed by atoms with Crippen LogP contribution in [0.1, 0.15) is 41.6 Å². The van der Waals surface area contributed by atoms with E-state index in [-0.39, 0.29) is 11.7 Å². The fraction of sp³-hybridized carbons (Fsp3) is 0.389. The van der Waals surface area contributed by atoms with Gasteiger partial charge in [0.25, 0.3) is 5.91 Å². The van der Waals surface area contributed by atoms with E-state index in [2.05, 4.69) is 11.2 Å². The van der Waals surface area contributed by atoms with Crippen molar-refractivity contribution in [3.05, 3.63) is 53.4 Å². The molecule has 1 aliphatic heterocycles. The summed E-state index contributed by atoms with van der Waals surface area (Å²) in [6.45, 7) is 3.06. The minimum absolute atomic E-state index is 0.142. The van der Waals surface area contributed by atoms with E-state index < -0.39 is 5.41 Å². The van der Waals surface area contributed by atoms with Crippen molar-refractivity contribution in [3.63, 3.8) is 0 Å². The Labute approximate surface area is 135 Å². The van der Waals surface area contributed by atoms with Crippen molar-refractivity contribution in [2.24, 2.45) is 0 Å². The molecule has 1 aliphatic rings. The first-order valence-electron chi connectivity index (χ1n) is 7.90. The van der Waals surface area contributed by atoms with Gasteiger partial charge in [0.05, 0.1) is 17.2 Å². The van der Waals surface area contributed by atoms with Crippen LogP contribution < -0.4 is 0 Å². The number of hydrogen-bond donors (Lipinski definition) is 0. The van der Waals surface area contributed by atoms with Gasteiger partial charge in [-0.1, -0.05) is 42.4 Å². The summed E-state index contributed by atoms with van der Waals surface area (Å²) in [5.41, 5.74) is 1.30. The topological polar surface area (TPSA) is 70.1 Å². The molecule has 2 aromatic rings. The Kier molecular flexibility index (Phi) is 4.16. The molecule has 1 fully saturated rings. The van der Waals surface area contributed by atoms with Gasteiger partial charge >= 0.3 is 0 Å². The summed E-state index contributed by atoms with van der Waals surface area (Å²) in [7, 11) is 0. The number of nitriles is 1. The Morgan fingerprint density at radius 1 is 1.35 bits per heavy atom. The molecular formula is C18H19N3O2. The first-order valence-corrected chi connectivity index (χ1v) is 7.90. The molecule has 1 saturated heterocycles. The predicted octanol–water partition coefficient (Wildman–Crippen LogP) is 2.93. The summed E-state index contributed by atoms with van der Waals surface area (Å²) in [5, 5.41) is 13.6. The lowest BCUT2D eigenvalue weighted by molar-refractivity contribution is 0.0650. The second-order valence-corrected chi connectivity index (χ2v) is 5.89. The second kappa shape index (κ2) is 6.25. The predicted molar refractivity (Wildman–Crippen MR) is 84.8 cm³/mol. The lowest BCUT2D eigenvalue weighted by Gasteiger charge is -2.37. The molecular weight excluding hydrogens is 290 g/mol. The Balaban J connectivity index is 1.72. The quantitative estimate of drug-likeness (QED) is 0.874. The molecule has 0 N–H and O–H groups in total. The summed E-state index contributed by atoms with van der Waals surface area (Å²) < 4.78 is 5.13. The molecule has 0 unspecified atom stereocenters. The third kappa shape index (κ3) is 2.85. The lowest BCUT2D eigenvalue weighted by Crippen LogP contribution is -2.44. The van der Waals surface area contributed by atoms with Gasteiger partial charge in [-0.25, -0.2) is 0 Å². The molecule has 0 aliphatic carbocycles. The monoisotopic (exact) mass is 309 g/mol. The summed E-state index contributed by atoms with van der Waals surface area (Å²) in [6.07, 6.45) is 2.00. The Morgan fingerprint density at radius 2 is 2.04 bits per heavy atom. The van der Waals surface area contributed by atoms with Gasteiger partial charge in [-0.2, -0.15) is 5.26 Å². The molecule has 23 heavy (non-hydrogen) atoms. The number of carbonyl (C=O) groups excluding carboxylic acids is 1. The summed E-state index contributed by atoms with van der Waals surface area (Å²) in [6, 6.07) is 14.0. The van der Waals surface area contributed by atoms with Crippen LogP contribution in [0.4, 0.5) is 0 Å². The van der Waals surface area contributed by atoms with Gasteiger partial charge in [0.15, 0.2) is 0 Å². The van der Waals surface area contributed by atoms with Crippen LogP contribution in [0, 0.1) is 11.3 Å². The molecule has 1 aromatic heterocycles. The molecule has 0 spiro atoms. The fourth-order valence-corrected chi connectivity index (χ4v) is 3.05. The van der Waals surface area contributed by atoms with E-state index in [1.54, 1.807) is 11.0 Å². The molecule has 1 amide bonds. The number of rotatable bonds is 3. The molecule has 3 rings (SSSR count). The number of likely N-dealkylation sites (tertiary alicyclic amines) is 1. The van der Waals surface area contributed by atoms with E-state index in [0.29, 0.717) is 25.9 Å². The van der Waals surface area contributed by atoms with Crippen molar-refractivity contribution in [2.75, 3.05) is 13.1 Å². The number of piperidine rings is 1. The van der Waals surface area contributed by atoms with E-state index in [1.165, 1.54) is 0 Å². The zero-order valence-electron chi connectivity index (χ0n) is 13.2. The zero-order valence-corrected chi connectivity index (χ0v) is 13.2. The smallest absolute Gasteiger partial charge is 0.292 e. The second-order valence-electron chi connectivity index (χ2n) is 5.89. The highest BCUT2D eigenvalue weighted by Gasteiger charge is 2.38. The maximum Gasteiger partial charge on any atom is 0.292 e. The van der Waals surface area contributed by atoms with E-state index in [0.717, 1.165) is 17.7 Å². The summed E-state index contributed by atoms with van der Waals surface area (Å²) in [5.74, 6) is 0.142. The van der Waals surface area contributed by atoms with Crippen LogP contribution in [0.3, 0.4) is 0 Å². The van der Waals surface area contributed by atoms with E-state index in [4.69, 9.17) is 4.52 Å². The molecule has 0 bridgehead atoms. The van der Waals surface area contributed by atoms with Crippen molar-refractivity contribution in [1.29, 1.82) is 5.26 Å². The van der Waals surface area contributed by atoms with Gasteiger partial charge in [-0.3, -0.25) is 4.79 Å². The number of aryl methyl sites for hydroxylation is 1. The minimum atomic E-state index is -0.506. The molecule has 0 saturated carbocycles. The third-order valence-corrected chi connectivity index (χ3v) is 4.58. The van der Waals surface area contributed by atoms with Crippen LogP contribution in [0.5, 0.6) is 0 Å². The maximum atomic E-state index is 12.5. The molecule has 5 nitrogen and oxygen atoms in total. The van der Waals surface area contributed by atoms with E-state index in [9.17, 15) is 10.1 Å². The highest BCUT2D eigenvalue weighted by Crippen LogP contribution is 2.35. The van der Waals surface area contributed by atoms with Gasteiger partial charge in [-0.05, 0) is 24.8 Å². The van der Waals surface area contributed by atoms with Gasteiger partial charge < -0.3 is 9.42 Å². The average molecular weight is 309 g/mol. The maximum absolute atomic E-state index is 12.5. The van der Waals surface area contributed by atoms with Crippen LogP contribution in [0.15, 0.2) is 40.9 Å². The SMILES string of the molecule is CCc1cc(C(=O)N2CCC(C#N)(c3ccccc3)CC2)on1. The zero-order chi connectivity index (χ0) is 16.3. The molecule has 2 heterocycles. The average Bonchev–Trinajstić information content (AvgIpc) is 3.11. The molecule has 1 aromatic carbocycles. The Morgan fingerprint density at radius 3 is 2.61 bits per heavy atom. The van der Waals surface area contributed by atoms with E-state index in [1.807, 2.05) is 37.3 Å². The largest absolute Gasteiger partial charge is 0.351 e. The molecule has 0 radical (unpaired) electrons. The van der Waals surface area contributed by atoms with Crippen molar-refractivity contribution in [3.8, 4) is 6.07 Å².